The van der Waals surface area contributed by atoms with E-state index in [4.69, 9.17) is 4.74 Å². The minimum Gasteiger partial charge on any atom is -0.507 e. The minimum absolute atomic E-state index is 0.0236. The number of H-pyrrole nitrogens is 1. The molecule has 10 heteroatoms. The van der Waals surface area contributed by atoms with Crippen molar-refractivity contribution >= 4 is 22.5 Å². The molecule has 1 aliphatic rings. The number of hydrogen-bond acceptors (Lipinski definition) is 7. The third-order valence-electron chi connectivity index (χ3n) is 6.59. The number of aromatic hydroxyl groups is 1. The summed E-state index contributed by atoms with van der Waals surface area (Å²) in [7, 11) is 0. The number of rotatable bonds is 6. The molecule has 194 valence electrons. The molecular formula is C27H33N7O3. The van der Waals surface area contributed by atoms with Crippen molar-refractivity contribution in [3.63, 3.8) is 0 Å². The molecule has 3 heterocycles. The number of phenols is 1. The van der Waals surface area contributed by atoms with E-state index in [-0.39, 0.29) is 35.6 Å². The number of carbonyl (C=O) groups excluding carboxylic acids is 1. The number of aromatic nitrogens is 5. The molecule has 0 radical (unpaired) electrons. The number of nitrogens with zero attached hydrogens (tertiary/aromatic N) is 5. The Balaban J connectivity index is 1.61. The van der Waals surface area contributed by atoms with Crippen molar-refractivity contribution in [2.75, 3.05) is 24.5 Å². The predicted octanol–water partition coefficient (Wildman–Crippen LogP) is 4.00. The van der Waals surface area contributed by atoms with Crippen LogP contribution in [-0.4, -0.2) is 67.8 Å². The maximum atomic E-state index is 12.9. The van der Waals surface area contributed by atoms with Crippen molar-refractivity contribution in [2.45, 2.75) is 52.7 Å². The zero-order valence-corrected chi connectivity index (χ0v) is 21.8. The van der Waals surface area contributed by atoms with E-state index in [1.807, 2.05) is 37.3 Å². The van der Waals surface area contributed by atoms with Gasteiger partial charge in [0, 0.05) is 42.5 Å². The van der Waals surface area contributed by atoms with Gasteiger partial charge in [0.1, 0.15) is 5.75 Å². The van der Waals surface area contributed by atoms with Crippen LogP contribution in [0, 0.1) is 0 Å². The third-order valence-corrected chi connectivity index (χ3v) is 6.59. The summed E-state index contributed by atoms with van der Waals surface area (Å²) in [5.74, 6) is 0.392. The fourth-order valence-corrected chi connectivity index (χ4v) is 4.98. The van der Waals surface area contributed by atoms with E-state index in [0.29, 0.717) is 17.9 Å². The lowest BCUT2D eigenvalue weighted by Gasteiger charge is -2.36. The van der Waals surface area contributed by atoms with Crippen molar-refractivity contribution < 1.29 is 14.6 Å². The first-order valence-corrected chi connectivity index (χ1v) is 12.7. The number of hydrogen-bond donors (Lipinski definition) is 3. The van der Waals surface area contributed by atoms with Gasteiger partial charge in [-0.05, 0) is 57.0 Å². The molecule has 1 fully saturated rings. The van der Waals surface area contributed by atoms with Gasteiger partial charge in [-0.3, -0.25) is 14.5 Å². The number of nitrogens with one attached hydrogen (secondary N) is 2. The minimum atomic E-state index is -0.340. The number of benzene rings is 2. The maximum Gasteiger partial charge on any atom is 0.289 e. The molecule has 2 atom stereocenters. The van der Waals surface area contributed by atoms with Gasteiger partial charge in [0.05, 0.1) is 29.0 Å². The van der Waals surface area contributed by atoms with Gasteiger partial charge in [0.25, 0.3) is 5.91 Å². The van der Waals surface area contributed by atoms with E-state index >= 15 is 0 Å². The summed E-state index contributed by atoms with van der Waals surface area (Å²) in [5, 5.41) is 30.6. The van der Waals surface area contributed by atoms with Crippen molar-refractivity contribution in [1.82, 2.24) is 30.3 Å². The summed E-state index contributed by atoms with van der Waals surface area (Å²) < 4.78 is 7.56. The zero-order valence-electron chi connectivity index (χ0n) is 21.8. The SMILES string of the molecule is CCNC(=O)c1nnc(-c2cc3c(C(C)C)n[nH]c3cc2O)n1-c1ccc(N2CC(C)OC(C)C2)cc1. The molecule has 0 saturated carbocycles. The van der Waals surface area contributed by atoms with Crippen molar-refractivity contribution in [1.29, 1.82) is 0 Å². The first kappa shape index (κ1) is 24.8. The van der Waals surface area contributed by atoms with Crippen LogP contribution in [0.1, 0.15) is 56.8 Å². The Kier molecular flexibility index (Phi) is 6.59. The van der Waals surface area contributed by atoms with Crippen molar-refractivity contribution in [3.8, 4) is 22.8 Å². The molecule has 1 saturated heterocycles. The topological polar surface area (TPSA) is 121 Å². The molecule has 3 N–H and O–H groups in total. The smallest absolute Gasteiger partial charge is 0.289 e. The fraction of sp³-hybridized carbons (Fsp3) is 0.407. The predicted molar refractivity (Wildman–Crippen MR) is 142 cm³/mol. The lowest BCUT2D eigenvalue weighted by atomic mass is 10.0. The standard InChI is InChI=1S/C27H33N7O3/c1-6-28-27(36)26-32-31-25(21-11-20-22(12-23(21)35)29-30-24(20)15(2)3)34(26)19-9-7-18(8-10-19)33-13-16(4)37-17(5)14-33/h7-12,15-17,35H,6,13-14H2,1-5H3,(H,28,36)(H,29,30). The highest BCUT2D eigenvalue weighted by molar-refractivity contribution is 5.93. The molecule has 4 aromatic rings. The second kappa shape index (κ2) is 9.85. The van der Waals surface area contributed by atoms with Crippen LogP contribution in [0.5, 0.6) is 5.75 Å². The molecule has 10 nitrogen and oxygen atoms in total. The molecule has 37 heavy (non-hydrogen) atoms. The summed E-state index contributed by atoms with van der Waals surface area (Å²) in [6, 6.07) is 11.4. The Morgan fingerprint density at radius 1 is 1.14 bits per heavy atom. The molecule has 5 rings (SSSR count). The van der Waals surface area contributed by atoms with Crippen LogP contribution in [0.3, 0.4) is 0 Å². The number of fused-ring (bicyclic) bond motifs is 1. The van der Waals surface area contributed by atoms with E-state index in [1.165, 1.54) is 0 Å². The second-order valence-electron chi connectivity index (χ2n) is 9.90. The first-order valence-electron chi connectivity index (χ1n) is 12.7. The lowest BCUT2D eigenvalue weighted by Crippen LogP contribution is -2.45. The molecule has 2 unspecified atom stereocenters. The molecule has 2 aromatic carbocycles. The van der Waals surface area contributed by atoms with Crippen LogP contribution in [0.2, 0.25) is 0 Å². The number of ether oxygens (including phenoxy) is 1. The summed E-state index contributed by atoms with van der Waals surface area (Å²) in [6.45, 7) is 12.2. The largest absolute Gasteiger partial charge is 0.507 e. The quantitative estimate of drug-likeness (QED) is 0.364. The van der Waals surface area contributed by atoms with Crippen LogP contribution in [-0.2, 0) is 4.74 Å². The van der Waals surface area contributed by atoms with Crippen molar-refractivity contribution in [2.24, 2.45) is 0 Å². The summed E-state index contributed by atoms with van der Waals surface area (Å²) in [4.78, 5) is 15.2. The van der Waals surface area contributed by atoms with Crippen molar-refractivity contribution in [3.05, 3.63) is 47.9 Å². The Morgan fingerprint density at radius 3 is 2.46 bits per heavy atom. The van der Waals surface area contributed by atoms with E-state index in [2.05, 4.69) is 58.3 Å². The number of carbonyl (C=O) groups is 1. The molecule has 0 bridgehead atoms. The Bertz CT molecular complexity index is 1410. The summed E-state index contributed by atoms with van der Waals surface area (Å²) in [6.07, 6.45) is 0.294. The van der Waals surface area contributed by atoms with E-state index < -0.39 is 0 Å². The van der Waals surface area contributed by atoms with Gasteiger partial charge >= 0.3 is 0 Å². The average Bonchev–Trinajstić information content (AvgIpc) is 3.47. The molecule has 0 spiro atoms. The van der Waals surface area contributed by atoms with Crippen LogP contribution in [0.15, 0.2) is 36.4 Å². The van der Waals surface area contributed by atoms with Crippen LogP contribution < -0.4 is 10.2 Å². The Labute approximate surface area is 215 Å². The molecular weight excluding hydrogens is 470 g/mol. The highest BCUT2D eigenvalue weighted by atomic mass is 16.5. The van der Waals surface area contributed by atoms with Gasteiger partial charge in [-0.15, -0.1) is 10.2 Å². The molecule has 1 amide bonds. The maximum absolute atomic E-state index is 12.9. The van der Waals surface area contributed by atoms with Crippen LogP contribution in [0.25, 0.3) is 28.0 Å². The van der Waals surface area contributed by atoms with E-state index in [1.54, 1.807) is 10.6 Å². The van der Waals surface area contributed by atoms with E-state index in [9.17, 15) is 9.90 Å². The summed E-state index contributed by atoms with van der Waals surface area (Å²) >= 11 is 0. The molecule has 2 aromatic heterocycles. The van der Waals surface area contributed by atoms with Gasteiger partial charge in [-0.2, -0.15) is 5.10 Å². The number of morpholine rings is 1. The highest BCUT2D eigenvalue weighted by Crippen LogP contribution is 2.36. The van der Waals surface area contributed by atoms with Gasteiger partial charge in [0.2, 0.25) is 5.82 Å². The monoisotopic (exact) mass is 503 g/mol. The highest BCUT2D eigenvalue weighted by Gasteiger charge is 2.25. The third kappa shape index (κ3) is 4.64. The number of aromatic amines is 1. The zero-order chi connectivity index (χ0) is 26.3. The molecule has 1 aliphatic heterocycles. The van der Waals surface area contributed by atoms with E-state index in [0.717, 1.165) is 41.1 Å². The number of anilines is 1. The Hall–Kier alpha value is -3.92. The number of amides is 1. The normalized spacial score (nSPS) is 18.1. The lowest BCUT2D eigenvalue weighted by molar-refractivity contribution is -0.00521. The fourth-order valence-electron chi connectivity index (χ4n) is 4.98. The van der Waals surface area contributed by atoms with Gasteiger partial charge in [0.15, 0.2) is 5.82 Å². The second-order valence-corrected chi connectivity index (χ2v) is 9.90. The number of phenolic OH excluding ortho intramolecular Hbond substituents is 1. The first-order chi connectivity index (χ1) is 17.8. The average molecular weight is 504 g/mol. The van der Waals surface area contributed by atoms with Gasteiger partial charge in [-0.25, -0.2) is 0 Å². The summed E-state index contributed by atoms with van der Waals surface area (Å²) in [5.41, 5.74) is 3.89. The van der Waals surface area contributed by atoms with Crippen LogP contribution >= 0.6 is 0 Å². The van der Waals surface area contributed by atoms with Gasteiger partial charge in [-0.1, -0.05) is 13.8 Å². The van der Waals surface area contributed by atoms with Crippen LogP contribution in [0.4, 0.5) is 5.69 Å². The Morgan fingerprint density at radius 2 is 1.81 bits per heavy atom. The molecule has 0 aliphatic carbocycles. The van der Waals surface area contributed by atoms with Gasteiger partial charge < -0.3 is 20.1 Å².